The van der Waals surface area contributed by atoms with Crippen molar-refractivity contribution in [2.45, 2.75) is 6.54 Å². The number of ether oxygens (including phenoxy) is 2. The number of anilines is 1. The third kappa shape index (κ3) is 2.85. The van der Waals surface area contributed by atoms with Crippen LogP contribution in [0.4, 0.5) is 5.69 Å². The number of benzene rings is 1. The van der Waals surface area contributed by atoms with Gasteiger partial charge in [0.1, 0.15) is 0 Å². The van der Waals surface area contributed by atoms with Gasteiger partial charge in [-0.2, -0.15) is 0 Å². The van der Waals surface area contributed by atoms with Crippen LogP contribution in [-0.4, -0.2) is 44.2 Å². The molecule has 2 aromatic rings. The van der Waals surface area contributed by atoms with E-state index in [-0.39, 0.29) is 0 Å². The van der Waals surface area contributed by atoms with Crippen LogP contribution in [0.25, 0.3) is 11.3 Å². The first-order valence-corrected chi connectivity index (χ1v) is 7.35. The molecule has 5 heteroatoms. The summed E-state index contributed by atoms with van der Waals surface area (Å²) in [4.78, 5) is 6.89. The SMILES string of the molecule is COc1ccc(-c2cc3c(cn2)CN(C)CCN3)cc1OC. The lowest BCUT2D eigenvalue weighted by Gasteiger charge is -2.13. The van der Waals surface area contributed by atoms with Gasteiger partial charge in [-0.05, 0) is 31.3 Å². The minimum Gasteiger partial charge on any atom is -0.493 e. The van der Waals surface area contributed by atoms with E-state index in [0.717, 1.165) is 42.3 Å². The summed E-state index contributed by atoms with van der Waals surface area (Å²) in [6.07, 6.45) is 1.95. The Bertz CT molecular complexity index is 673. The van der Waals surface area contributed by atoms with E-state index in [1.165, 1.54) is 5.56 Å². The molecule has 3 rings (SSSR count). The standard InChI is InChI=1S/C17H21N3O2/c1-20-7-6-18-15-9-14(19-10-13(15)11-20)12-4-5-16(21-2)17(8-12)22-3/h4-5,8-10,18H,6-7,11H2,1-3H3. The van der Waals surface area contributed by atoms with Crippen LogP contribution in [0.15, 0.2) is 30.5 Å². The Morgan fingerprint density at radius 3 is 2.73 bits per heavy atom. The number of rotatable bonds is 3. The van der Waals surface area contributed by atoms with E-state index >= 15 is 0 Å². The summed E-state index contributed by atoms with van der Waals surface area (Å²) < 4.78 is 10.7. The number of likely N-dealkylation sites (N-methyl/N-ethyl adjacent to an activating group) is 1. The quantitative estimate of drug-likeness (QED) is 0.944. The Balaban J connectivity index is 1.97. The van der Waals surface area contributed by atoms with Crippen LogP contribution < -0.4 is 14.8 Å². The zero-order valence-corrected chi connectivity index (χ0v) is 13.2. The summed E-state index contributed by atoms with van der Waals surface area (Å²) in [5, 5.41) is 3.48. The van der Waals surface area contributed by atoms with Crippen molar-refractivity contribution in [2.24, 2.45) is 0 Å². The number of aromatic nitrogens is 1. The van der Waals surface area contributed by atoms with Crippen LogP contribution in [0, 0.1) is 0 Å². The minimum atomic E-state index is 0.712. The molecule has 22 heavy (non-hydrogen) atoms. The fourth-order valence-electron chi connectivity index (χ4n) is 2.68. The van der Waals surface area contributed by atoms with E-state index in [9.17, 15) is 0 Å². The maximum atomic E-state index is 5.37. The molecule has 2 heterocycles. The number of fused-ring (bicyclic) bond motifs is 1. The van der Waals surface area contributed by atoms with E-state index in [1.807, 2.05) is 24.4 Å². The molecule has 1 aromatic heterocycles. The lowest BCUT2D eigenvalue weighted by atomic mass is 10.1. The molecule has 1 N–H and O–H groups in total. The van der Waals surface area contributed by atoms with E-state index in [1.54, 1.807) is 14.2 Å². The zero-order valence-electron chi connectivity index (χ0n) is 13.2. The molecule has 1 aliphatic rings. The van der Waals surface area contributed by atoms with Gasteiger partial charge in [-0.1, -0.05) is 0 Å². The first-order chi connectivity index (χ1) is 10.7. The fourth-order valence-corrected chi connectivity index (χ4v) is 2.68. The summed E-state index contributed by atoms with van der Waals surface area (Å²) in [6, 6.07) is 7.97. The van der Waals surface area contributed by atoms with E-state index < -0.39 is 0 Å². The lowest BCUT2D eigenvalue weighted by Crippen LogP contribution is -2.20. The Labute approximate surface area is 130 Å². The number of nitrogens with zero attached hydrogens (tertiary/aromatic N) is 2. The maximum absolute atomic E-state index is 5.37. The monoisotopic (exact) mass is 299 g/mol. The molecule has 0 spiro atoms. The molecule has 0 saturated heterocycles. The van der Waals surface area contributed by atoms with Crippen molar-refractivity contribution in [2.75, 3.05) is 39.7 Å². The number of hydrogen-bond acceptors (Lipinski definition) is 5. The Morgan fingerprint density at radius 1 is 1.14 bits per heavy atom. The lowest BCUT2D eigenvalue weighted by molar-refractivity contribution is 0.346. The van der Waals surface area contributed by atoms with Gasteiger partial charge in [0.25, 0.3) is 0 Å². The van der Waals surface area contributed by atoms with Gasteiger partial charge in [-0.25, -0.2) is 0 Å². The fraction of sp³-hybridized carbons (Fsp3) is 0.353. The second-order valence-corrected chi connectivity index (χ2v) is 5.46. The van der Waals surface area contributed by atoms with Gasteiger partial charge in [0, 0.05) is 42.6 Å². The molecular formula is C17H21N3O2. The van der Waals surface area contributed by atoms with Crippen LogP contribution in [-0.2, 0) is 6.54 Å². The van der Waals surface area contributed by atoms with E-state index in [2.05, 4.69) is 28.3 Å². The van der Waals surface area contributed by atoms with Crippen molar-refractivity contribution >= 4 is 5.69 Å². The van der Waals surface area contributed by atoms with Gasteiger partial charge in [0.2, 0.25) is 0 Å². The molecule has 0 radical (unpaired) electrons. The molecule has 0 bridgehead atoms. The number of nitrogens with one attached hydrogen (secondary N) is 1. The zero-order chi connectivity index (χ0) is 15.5. The van der Waals surface area contributed by atoms with Crippen LogP contribution >= 0.6 is 0 Å². The second kappa shape index (κ2) is 6.23. The van der Waals surface area contributed by atoms with Crippen LogP contribution in [0.3, 0.4) is 0 Å². The normalized spacial score (nSPS) is 14.7. The molecule has 1 aromatic carbocycles. The van der Waals surface area contributed by atoms with Crippen LogP contribution in [0.1, 0.15) is 5.56 Å². The van der Waals surface area contributed by atoms with Crippen molar-refractivity contribution in [3.63, 3.8) is 0 Å². The minimum absolute atomic E-state index is 0.712. The summed E-state index contributed by atoms with van der Waals surface area (Å²) >= 11 is 0. The van der Waals surface area contributed by atoms with Gasteiger partial charge in [0.05, 0.1) is 19.9 Å². The molecular weight excluding hydrogens is 278 g/mol. The highest BCUT2D eigenvalue weighted by atomic mass is 16.5. The third-order valence-corrected chi connectivity index (χ3v) is 3.92. The van der Waals surface area contributed by atoms with Gasteiger partial charge >= 0.3 is 0 Å². The Morgan fingerprint density at radius 2 is 1.95 bits per heavy atom. The number of methoxy groups -OCH3 is 2. The molecule has 0 fully saturated rings. The van der Waals surface area contributed by atoms with Gasteiger partial charge < -0.3 is 19.7 Å². The van der Waals surface area contributed by atoms with Crippen molar-refractivity contribution in [3.05, 3.63) is 36.0 Å². The molecule has 0 amide bonds. The highest BCUT2D eigenvalue weighted by Gasteiger charge is 2.13. The molecule has 0 saturated carbocycles. The largest absolute Gasteiger partial charge is 0.493 e. The predicted molar refractivity (Wildman–Crippen MR) is 87.6 cm³/mol. The average molecular weight is 299 g/mol. The van der Waals surface area contributed by atoms with E-state index in [0.29, 0.717) is 5.75 Å². The Hall–Kier alpha value is -2.27. The van der Waals surface area contributed by atoms with Crippen molar-refractivity contribution < 1.29 is 9.47 Å². The van der Waals surface area contributed by atoms with Crippen molar-refractivity contribution in [1.29, 1.82) is 0 Å². The summed E-state index contributed by atoms with van der Waals surface area (Å²) in [5.74, 6) is 1.44. The maximum Gasteiger partial charge on any atom is 0.161 e. The summed E-state index contributed by atoms with van der Waals surface area (Å²) in [5.41, 5.74) is 4.32. The highest BCUT2D eigenvalue weighted by molar-refractivity contribution is 5.69. The summed E-state index contributed by atoms with van der Waals surface area (Å²) in [6.45, 7) is 2.89. The molecule has 116 valence electrons. The van der Waals surface area contributed by atoms with Crippen molar-refractivity contribution in [1.82, 2.24) is 9.88 Å². The Kier molecular flexibility index (Phi) is 4.15. The van der Waals surface area contributed by atoms with Crippen LogP contribution in [0.2, 0.25) is 0 Å². The molecule has 5 nitrogen and oxygen atoms in total. The number of pyridine rings is 1. The number of hydrogen-bond donors (Lipinski definition) is 1. The predicted octanol–water partition coefficient (Wildman–Crippen LogP) is 2.62. The highest BCUT2D eigenvalue weighted by Crippen LogP contribution is 2.33. The first-order valence-electron chi connectivity index (χ1n) is 7.35. The van der Waals surface area contributed by atoms with Gasteiger partial charge in [-0.3, -0.25) is 4.98 Å². The van der Waals surface area contributed by atoms with Crippen LogP contribution in [0.5, 0.6) is 11.5 Å². The van der Waals surface area contributed by atoms with E-state index in [4.69, 9.17) is 9.47 Å². The van der Waals surface area contributed by atoms with Gasteiger partial charge in [0.15, 0.2) is 11.5 Å². The third-order valence-electron chi connectivity index (χ3n) is 3.92. The summed E-state index contributed by atoms with van der Waals surface area (Å²) in [7, 11) is 5.40. The molecule has 1 aliphatic heterocycles. The molecule has 0 unspecified atom stereocenters. The molecule has 0 atom stereocenters. The average Bonchev–Trinajstić information content (AvgIpc) is 2.74. The van der Waals surface area contributed by atoms with Gasteiger partial charge in [-0.15, -0.1) is 0 Å². The topological polar surface area (TPSA) is 46.6 Å². The molecule has 0 aliphatic carbocycles. The second-order valence-electron chi connectivity index (χ2n) is 5.46. The first kappa shape index (κ1) is 14.7. The smallest absolute Gasteiger partial charge is 0.161 e. The van der Waals surface area contributed by atoms with Crippen molar-refractivity contribution in [3.8, 4) is 22.8 Å².